The summed E-state index contributed by atoms with van der Waals surface area (Å²) >= 11 is 0. The van der Waals surface area contributed by atoms with E-state index in [2.05, 4.69) is 0 Å². The molecule has 3 rings (SSSR count). The minimum atomic E-state index is -0.710. The van der Waals surface area contributed by atoms with Gasteiger partial charge in [0.15, 0.2) is 0 Å². The van der Waals surface area contributed by atoms with Crippen LogP contribution in [0.25, 0.3) is 0 Å². The summed E-state index contributed by atoms with van der Waals surface area (Å²) in [6, 6.07) is 6.91. The van der Waals surface area contributed by atoms with Crippen LogP contribution in [0, 0.1) is 5.92 Å². The first-order valence-electron chi connectivity index (χ1n) is 6.76. The van der Waals surface area contributed by atoms with E-state index in [4.69, 9.17) is 0 Å². The van der Waals surface area contributed by atoms with Gasteiger partial charge in [0.05, 0.1) is 11.1 Å². The predicted molar refractivity (Wildman–Crippen MR) is 68.7 cm³/mol. The number of imide groups is 1. The van der Waals surface area contributed by atoms with Crippen LogP contribution in [0.4, 0.5) is 4.39 Å². The van der Waals surface area contributed by atoms with Gasteiger partial charge in [0.25, 0.3) is 11.8 Å². The molecule has 0 spiro atoms. The van der Waals surface area contributed by atoms with E-state index in [1.54, 1.807) is 24.3 Å². The molecule has 0 radical (unpaired) electrons. The van der Waals surface area contributed by atoms with Gasteiger partial charge in [-0.05, 0) is 43.7 Å². The molecule has 19 heavy (non-hydrogen) atoms. The molecule has 1 aliphatic heterocycles. The second-order valence-electron chi connectivity index (χ2n) is 5.38. The second kappa shape index (κ2) is 4.76. The van der Waals surface area contributed by atoms with Gasteiger partial charge in [-0.1, -0.05) is 12.1 Å². The maximum Gasteiger partial charge on any atom is 0.261 e. The highest BCUT2D eigenvalue weighted by molar-refractivity contribution is 6.21. The van der Waals surface area contributed by atoms with E-state index in [0.29, 0.717) is 30.5 Å². The molecule has 2 amide bonds. The van der Waals surface area contributed by atoms with Gasteiger partial charge in [0.1, 0.15) is 6.17 Å². The first-order chi connectivity index (χ1) is 9.16. The Bertz CT molecular complexity index is 486. The van der Waals surface area contributed by atoms with E-state index < -0.39 is 6.17 Å². The molecule has 0 bridgehead atoms. The van der Waals surface area contributed by atoms with Gasteiger partial charge in [-0.3, -0.25) is 14.5 Å². The molecule has 0 N–H and O–H groups in total. The third-order valence-corrected chi connectivity index (χ3v) is 4.10. The lowest BCUT2D eigenvalue weighted by Crippen LogP contribution is -2.36. The molecule has 1 aromatic rings. The summed E-state index contributed by atoms with van der Waals surface area (Å²) in [6.45, 7) is 0.430. The molecule has 1 saturated carbocycles. The number of nitrogens with zero attached hydrogens (tertiary/aromatic N) is 1. The van der Waals surface area contributed by atoms with Crippen LogP contribution < -0.4 is 0 Å². The highest BCUT2D eigenvalue weighted by atomic mass is 19.1. The predicted octanol–water partition coefficient (Wildman–Crippen LogP) is 2.81. The van der Waals surface area contributed by atoms with Crippen molar-refractivity contribution in [2.24, 2.45) is 5.92 Å². The molecule has 4 heteroatoms. The van der Waals surface area contributed by atoms with Crippen molar-refractivity contribution < 1.29 is 14.0 Å². The van der Waals surface area contributed by atoms with Gasteiger partial charge < -0.3 is 0 Å². The van der Waals surface area contributed by atoms with Gasteiger partial charge >= 0.3 is 0 Å². The molecule has 100 valence electrons. The molecular weight excluding hydrogens is 245 g/mol. The zero-order valence-corrected chi connectivity index (χ0v) is 10.6. The zero-order valence-electron chi connectivity index (χ0n) is 10.6. The van der Waals surface area contributed by atoms with E-state index in [9.17, 15) is 14.0 Å². The van der Waals surface area contributed by atoms with E-state index >= 15 is 0 Å². The van der Waals surface area contributed by atoms with Crippen molar-refractivity contribution in [1.29, 1.82) is 0 Å². The van der Waals surface area contributed by atoms with Gasteiger partial charge in [-0.2, -0.15) is 0 Å². The van der Waals surface area contributed by atoms with Gasteiger partial charge in [0, 0.05) is 6.54 Å². The number of amides is 2. The smallest absolute Gasteiger partial charge is 0.261 e. The Kier molecular flexibility index (Phi) is 3.09. The summed E-state index contributed by atoms with van der Waals surface area (Å²) in [7, 11) is 0. The van der Waals surface area contributed by atoms with E-state index in [1.165, 1.54) is 4.90 Å². The number of benzene rings is 1. The summed E-state index contributed by atoms with van der Waals surface area (Å²) in [6.07, 6.45) is 1.91. The van der Waals surface area contributed by atoms with Crippen molar-refractivity contribution in [3.63, 3.8) is 0 Å². The molecular formula is C15H16FNO2. The molecule has 1 fully saturated rings. The van der Waals surface area contributed by atoms with Gasteiger partial charge in [0.2, 0.25) is 0 Å². The van der Waals surface area contributed by atoms with Crippen LogP contribution in [-0.4, -0.2) is 29.4 Å². The maximum absolute atomic E-state index is 13.1. The first kappa shape index (κ1) is 12.3. The second-order valence-corrected chi connectivity index (χ2v) is 5.38. The molecule has 1 heterocycles. The molecule has 1 aliphatic carbocycles. The third kappa shape index (κ3) is 2.15. The van der Waals surface area contributed by atoms with Crippen molar-refractivity contribution >= 4 is 11.8 Å². The Labute approximate surface area is 111 Å². The highest BCUT2D eigenvalue weighted by Crippen LogP contribution is 2.30. The van der Waals surface area contributed by atoms with Crippen LogP contribution in [-0.2, 0) is 0 Å². The normalized spacial score (nSPS) is 26.7. The Morgan fingerprint density at radius 2 is 1.53 bits per heavy atom. The average Bonchev–Trinajstić information content (AvgIpc) is 2.67. The monoisotopic (exact) mass is 261 g/mol. The first-order valence-corrected chi connectivity index (χ1v) is 6.76. The van der Waals surface area contributed by atoms with Crippen molar-refractivity contribution in [1.82, 2.24) is 4.90 Å². The summed E-state index contributed by atoms with van der Waals surface area (Å²) in [5.74, 6) is -0.167. The van der Waals surface area contributed by atoms with Crippen molar-refractivity contribution in [3.05, 3.63) is 35.4 Å². The SMILES string of the molecule is O=C1c2ccccc2C(=O)N1CC1CCC(F)CC1. The third-order valence-electron chi connectivity index (χ3n) is 4.10. The van der Waals surface area contributed by atoms with E-state index in [-0.39, 0.29) is 17.7 Å². The van der Waals surface area contributed by atoms with Crippen molar-refractivity contribution in [2.45, 2.75) is 31.9 Å². The van der Waals surface area contributed by atoms with Crippen LogP contribution in [0.2, 0.25) is 0 Å². The minimum Gasteiger partial charge on any atom is -0.274 e. The quantitative estimate of drug-likeness (QED) is 0.768. The molecule has 0 unspecified atom stereocenters. The number of fused-ring (bicyclic) bond motifs is 1. The number of carbonyl (C=O) groups excluding carboxylic acids is 2. The zero-order chi connectivity index (χ0) is 13.4. The summed E-state index contributed by atoms with van der Waals surface area (Å²) in [5.41, 5.74) is 0.985. The Balaban J connectivity index is 1.74. The highest BCUT2D eigenvalue weighted by Gasteiger charge is 2.36. The number of carbonyl (C=O) groups is 2. The number of alkyl halides is 1. The molecule has 0 aromatic heterocycles. The lowest BCUT2D eigenvalue weighted by Gasteiger charge is -2.27. The summed E-state index contributed by atoms with van der Waals surface area (Å²) < 4.78 is 13.1. The van der Waals surface area contributed by atoms with Crippen LogP contribution in [0.5, 0.6) is 0 Å². The Morgan fingerprint density at radius 1 is 1.00 bits per heavy atom. The molecule has 0 atom stereocenters. The molecule has 2 aliphatic rings. The largest absolute Gasteiger partial charge is 0.274 e. The van der Waals surface area contributed by atoms with E-state index in [1.807, 2.05) is 0 Å². The lowest BCUT2D eigenvalue weighted by molar-refractivity contribution is 0.0606. The van der Waals surface area contributed by atoms with E-state index in [0.717, 1.165) is 12.8 Å². The average molecular weight is 261 g/mol. The molecule has 0 saturated heterocycles. The number of hydrogen-bond acceptors (Lipinski definition) is 2. The van der Waals surface area contributed by atoms with Crippen LogP contribution >= 0.6 is 0 Å². The maximum atomic E-state index is 13.1. The standard InChI is InChI=1S/C15H16FNO2/c16-11-7-5-10(6-8-11)9-17-14(18)12-3-1-2-4-13(12)15(17)19/h1-4,10-11H,5-9H2. The topological polar surface area (TPSA) is 37.4 Å². The van der Waals surface area contributed by atoms with Crippen LogP contribution in [0.3, 0.4) is 0 Å². The summed E-state index contributed by atoms with van der Waals surface area (Å²) in [5, 5.41) is 0. The Morgan fingerprint density at radius 3 is 2.05 bits per heavy atom. The minimum absolute atomic E-state index is 0.206. The number of halogens is 1. The van der Waals surface area contributed by atoms with Crippen LogP contribution in [0.15, 0.2) is 24.3 Å². The Hall–Kier alpha value is -1.71. The van der Waals surface area contributed by atoms with Gasteiger partial charge in [-0.25, -0.2) is 4.39 Å². The van der Waals surface area contributed by atoms with Gasteiger partial charge in [-0.15, -0.1) is 0 Å². The summed E-state index contributed by atoms with van der Waals surface area (Å²) in [4.78, 5) is 25.7. The fraction of sp³-hybridized carbons (Fsp3) is 0.467. The van der Waals surface area contributed by atoms with Crippen molar-refractivity contribution in [3.8, 4) is 0 Å². The molecule has 3 nitrogen and oxygen atoms in total. The lowest BCUT2D eigenvalue weighted by atomic mass is 9.88. The van der Waals surface area contributed by atoms with Crippen molar-refractivity contribution in [2.75, 3.05) is 6.54 Å². The molecule has 1 aromatic carbocycles. The number of hydrogen-bond donors (Lipinski definition) is 0. The fourth-order valence-corrected chi connectivity index (χ4v) is 2.97. The number of rotatable bonds is 2. The fourth-order valence-electron chi connectivity index (χ4n) is 2.97. The van der Waals surface area contributed by atoms with Crippen LogP contribution in [0.1, 0.15) is 46.4 Å².